The van der Waals surface area contributed by atoms with Crippen LogP contribution in [0.4, 0.5) is 5.69 Å². The standard InChI is InChI=1S/C15H13NO3/c1-16-12-6-3-11(4-7-12)5-8-13-9-14(18-2)10-15(17)19-13/h3-8,10,13H,9H2,2H3/t13-/m0/s1. The zero-order valence-electron chi connectivity index (χ0n) is 10.5. The molecule has 0 amide bonds. The minimum Gasteiger partial charge on any atom is -0.501 e. The number of esters is 1. The number of benzene rings is 1. The maximum absolute atomic E-state index is 11.3. The van der Waals surface area contributed by atoms with Gasteiger partial charge in [0.2, 0.25) is 0 Å². The van der Waals surface area contributed by atoms with Gasteiger partial charge in [-0.25, -0.2) is 9.64 Å². The molecule has 0 fully saturated rings. The molecule has 4 heteroatoms. The van der Waals surface area contributed by atoms with Crippen molar-refractivity contribution in [3.63, 3.8) is 0 Å². The van der Waals surface area contributed by atoms with Gasteiger partial charge in [-0.05, 0) is 11.6 Å². The number of ether oxygens (including phenoxy) is 2. The monoisotopic (exact) mass is 255 g/mol. The summed E-state index contributed by atoms with van der Waals surface area (Å²) in [6.45, 7) is 6.87. The van der Waals surface area contributed by atoms with Crippen molar-refractivity contribution >= 4 is 17.7 Å². The number of cyclic esters (lactones) is 1. The van der Waals surface area contributed by atoms with Crippen LogP contribution in [0.5, 0.6) is 0 Å². The minimum absolute atomic E-state index is 0.312. The summed E-state index contributed by atoms with van der Waals surface area (Å²) in [6, 6.07) is 7.20. The van der Waals surface area contributed by atoms with Crippen LogP contribution in [0.15, 0.2) is 42.2 Å². The van der Waals surface area contributed by atoms with Crippen LogP contribution in [0, 0.1) is 6.57 Å². The molecule has 1 heterocycles. The first kappa shape index (κ1) is 12.9. The van der Waals surface area contributed by atoms with Crippen LogP contribution in [0.2, 0.25) is 0 Å². The van der Waals surface area contributed by atoms with E-state index in [9.17, 15) is 4.79 Å². The number of rotatable bonds is 3. The Balaban J connectivity index is 2.04. The summed E-state index contributed by atoms with van der Waals surface area (Å²) in [4.78, 5) is 14.6. The average molecular weight is 255 g/mol. The third-order valence-corrected chi connectivity index (χ3v) is 2.74. The van der Waals surface area contributed by atoms with Crippen LogP contribution in [-0.4, -0.2) is 19.2 Å². The van der Waals surface area contributed by atoms with Crippen molar-refractivity contribution in [2.45, 2.75) is 12.5 Å². The lowest BCUT2D eigenvalue weighted by atomic mass is 10.1. The number of nitrogens with zero attached hydrogens (tertiary/aromatic N) is 1. The molecule has 0 N–H and O–H groups in total. The van der Waals surface area contributed by atoms with Crippen LogP contribution < -0.4 is 0 Å². The number of carbonyl (C=O) groups excluding carboxylic acids is 1. The third-order valence-electron chi connectivity index (χ3n) is 2.74. The van der Waals surface area contributed by atoms with Gasteiger partial charge in [-0.1, -0.05) is 30.3 Å². The molecular weight excluding hydrogens is 242 g/mol. The van der Waals surface area contributed by atoms with E-state index in [0.717, 1.165) is 5.56 Å². The Morgan fingerprint density at radius 3 is 2.79 bits per heavy atom. The molecule has 0 spiro atoms. The fraction of sp³-hybridized carbons (Fsp3) is 0.200. The maximum Gasteiger partial charge on any atom is 0.334 e. The first-order valence-corrected chi connectivity index (χ1v) is 5.82. The Bertz CT molecular complexity index is 564. The molecule has 0 bridgehead atoms. The molecule has 1 atom stereocenters. The van der Waals surface area contributed by atoms with Crippen LogP contribution >= 0.6 is 0 Å². The Hall–Kier alpha value is -2.54. The van der Waals surface area contributed by atoms with E-state index in [4.69, 9.17) is 16.0 Å². The van der Waals surface area contributed by atoms with Crippen LogP contribution in [0.3, 0.4) is 0 Å². The second kappa shape index (κ2) is 5.87. The van der Waals surface area contributed by atoms with Crippen LogP contribution in [-0.2, 0) is 14.3 Å². The maximum atomic E-state index is 11.3. The van der Waals surface area contributed by atoms with Gasteiger partial charge >= 0.3 is 5.97 Å². The highest BCUT2D eigenvalue weighted by atomic mass is 16.5. The van der Waals surface area contributed by atoms with Gasteiger partial charge in [-0.2, -0.15) is 0 Å². The molecular formula is C15H13NO3. The SMILES string of the molecule is [C-]#[N+]c1ccc(C=C[C@H]2CC(OC)=CC(=O)O2)cc1. The highest BCUT2D eigenvalue weighted by Gasteiger charge is 2.19. The largest absolute Gasteiger partial charge is 0.501 e. The van der Waals surface area contributed by atoms with Crippen LogP contribution in [0.1, 0.15) is 12.0 Å². The molecule has 0 aliphatic carbocycles. The second-order valence-electron chi connectivity index (χ2n) is 4.06. The highest BCUT2D eigenvalue weighted by molar-refractivity contribution is 5.83. The number of carbonyl (C=O) groups is 1. The van der Waals surface area contributed by atoms with E-state index in [2.05, 4.69) is 4.85 Å². The summed E-state index contributed by atoms with van der Waals surface area (Å²) < 4.78 is 10.2. The smallest absolute Gasteiger partial charge is 0.334 e. The van der Waals surface area contributed by atoms with E-state index >= 15 is 0 Å². The van der Waals surface area contributed by atoms with Crippen molar-refractivity contribution in [2.24, 2.45) is 0 Å². The van der Waals surface area contributed by atoms with Gasteiger partial charge < -0.3 is 9.47 Å². The van der Waals surface area contributed by atoms with Crippen molar-refractivity contribution in [1.29, 1.82) is 0 Å². The Morgan fingerprint density at radius 2 is 2.16 bits per heavy atom. The van der Waals surface area contributed by atoms with E-state index in [0.29, 0.717) is 17.9 Å². The third kappa shape index (κ3) is 3.46. The fourth-order valence-electron chi connectivity index (χ4n) is 1.74. The highest BCUT2D eigenvalue weighted by Crippen LogP contribution is 2.19. The van der Waals surface area contributed by atoms with Crippen molar-refractivity contribution < 1.29 is 14.3 Å². The van der Waals surface area contributed by atoms with Gasteiger partial charge in [0.15, 0.2) is 5.69 Å². The van der Waals surface area contributed by atoms with E-state index in [1.807, 2.05) is 24.3 Å². The molecule has 96 valence electrons. The molecule has 0 saturated carbocycles. The molecule has 19 heavy (non-hydrogen) atoms. The molecule has 0 saturated heterocycles. The topological polar surface area (TPSA) is 39.9 Å². The quantitative estimate of drug-likeness (QED) is 0.615. The Kier molecular flexibility index (Phi) is 3.99. The summed E-state index contributed by atoms with van der Waals surface area (Å²) in [6.07, 6.45) is 5.27. The molecule has 0 radical (unpaired) electrons. The number of hydrogen-bond acceptors (Lipinski definition) is 3. The lowest BCUT2D eigenvalue weighted by Crippen LogP contribution is -2.21. The van der Waals surface area contributed by atoms with Gasteiger partial charge in [-0.3, -0.25) is 0 Å². The number of hydrogen-bond donors (Lipinski definition) is 0. The summed E-state index contributed by atoms with van der Waals surface area (Å²) in [5.41, 5.74) is 1.56. The predicted octanol–water partition coefficient (Wildman–Crippen LogP) is 3.10. The lowest BCUT2D eigenvalue weighted by Gasteiger charge is -2.19. The average Bonchev–Trinajstić information content (AvgIpc) is 2.45. The first-order valence-electron chi connectivity index (χ1n) is 5.82. The van der Waals surface area contributed by atoms with Crippen molar-refractivity contribution in [3.05, 3.63) is 59.2 Å². The summed E-state index contributed by atoms with van der Waals surface area (Å²) in [5.74, 6) is 0.232. The molecule has 2 rings (SSSR count). The van der Waals surface area contributed by atoms with Gasteiger partial charge in [0.1, 0.15) is 11.9 Å². The summed E-state index contributed by atoms with van der Waals surface area (Å²) in [5, 5.41) is 0. The molecule has 1 aromatic rings. The minimum atomic E-state index is -0.388. The summed E-state index contributed by atoms with van der Waals surface area (Å²) >= 11 is 0. The van der Waals surface area contributed by atoms with Gasteiger partial charge in [-0.15, -0.1) is 0 Å². The molecule has 0 aromatic heterocycles. The molecule has 1 aliphatic rings. The normalized spacial score (nSPS) is 18.6. The van der Waals surface area contributed by atoms with E-state index in [1.54, 1.807) is 12.1 Å². The zero-order chi connectivity index (χ0) is 13.7. The van der Waals surface area contributed by atoms with Crippen molar-refractivity contribution in [2.75, 3.05) is 7.11 Å². The second-order valence-corrected chi connectivity index (χ2v) is 4.06. The van der Waals surface area contributed by atoms with Gasteiger partial charge in [0, 0.05) is 6.42 Å². The lowest BCUT2D eigenvalue weighted by molar-refractivity contribution is -0.142. The Morgan fingerprint density at radius 1 is 1.42 bits per heavy atom. The molecule has 1 aliphatic heterocycles. The first-order chi connectivity index (χ1) is 9.21. The molecule has 1 aromatic carbocycles. The predicted molar refractivity (Wildman–Crippen MR) is 71.3 cm³/mol. The van der Waals surface area contributed by atoms with Crippen molar-refractivity contribution in [3.8, 4) is 0 Å². The Labute approximate surface area is 111 Å². The van der Waals surface area contributed by atoms with Crippen LogP contribution in [0.25, 0.3) is 10.9 Å². The van der Waals surface area contributed by atoms with Gasteiger partial charge in [0.25, 0.3) is 0 Å². The van der Waals surface area contributed by atoms with E-state index in [1.165, 1.54) is 13.2 Å². The fourth-order valence-corrected chi connectivity index (χ4v) is 1.74. The van der Waals surface area contributed by atoms with E-state index in [-0.39, 0.29) is 12.1 Å². The van der Waals surface area contributed by atoms with E-state index < -0.39 is 0 Å². The van der Waals surface area contributed by atoms with Gasteiger partial charge in [0.05, 0.1) is 19.8 Å². The molecule has 4 nitrogen and oxygen atoms in total. The molecule has 0 unspecified atom stereocenters. The summed E-state index contributed by atoms with van der Waals surface area (Å²) in [7, 11) is 1.54. The van der Waals surface area contributed by atoms with Crippen molar-refractivity contribution in [1.82, 2.24) is 0 Å². The number of methoxy groups -OCH3 is 1. The zero-order valence-corrected chi connectivity index (χ0v) is 10.5.